The highest BCUT2D eigenvalue weighted by atomic mass is 16.5. The van der Waals surface area contributed by atoms with E-state index in [4.69, 9.17) is 4.74 Å². The van der Waals surface area contributed by atoms with Gasteiger partial charge in [0.15, 0.2) is 6.19 Å². The summed E-state index contributed by atoms with van der Waals surface area (Å²) in [5.41, 5.74) is 3.85. The van der Waals surface area contributed by atoms with Crippen molar-refractivity contribution in [1.82, 2.24) is 4.90 Å². The second-order valence-corrected chi connectivity index (χ2v) is 5.46. The molecule has 1 aliphatic heterocycles. The van der Waals surface area contributed by atoms with Crippen LogP contribution in [0.5, 0.6) is 5.75 Å². The lowest BCUT2D eigenvalue weighted by Gasteiger charge is -2.28. The number of aryl methyl sites for hydroxylation is 2. The fourth-order valence-electron chi connectivity index (χ4n) is 3.31. The van der Waals surface area contributed by atoms with Gasteiger partial charge in [0.1, 0.15) is 11.6 Å². The quantitative estimate of drug-likeness (QED) is 0.775. The van der Waals surface area contributed by atoms with Crippen LogP contribution in [0, 0.1) is 18.4 Å². The zero-order valence-electron chi connectivity index (χ0n) is 12.0. The Morgan fingerprint density at radius 1 is 1.45 bits per heavy atom. The molecule has 2 aliphatic rings. The average molecular weight is 269 g/mol. The first-order chi connectivity index (χ1) is 9.74. The van der Waals surface area contributed by atoms with Gasteiger partial charge < -0.3 is 4.74 Å². The summed E-state index contributed by atoms with van der Waals surface area (Å²) in [5.74, 6) is 2.12. The van der Waals surface area contributed by atoms with Gasteiger partial charge in [-0.05, 0) is 48.9 Å². The number of hydrogen-bond donors (Lipinski definition) is 0. The highest BCUT2D eigenvalue weighted by molar-refractivity contribution is 5.92. The SMILES string of the molecule is COc1cc2c(cc1C)CCCC2C1=NCCN1C#N. The number of methoxy groups -OCH3 is 1. The monoisotopic (exact) mass is 269 g/mol. The van der Waals surface area contributed by atoms with Gasteiger partial charge in [0, 0.05) is 5.92 Å². The Bertz CT molecular complexity index is 600. The van der Waals surface area contributed by atoms with E-state index in [2.05, 4.69) is 30.2 Å². The van der Waals surface area contributed by atoms with Gasteiger partial charge in [-0.2, -0.15) is 5.26 Å². The Morgan fingerprint density at radius 2 is 2.30 bits per heavy atom. The first-order valence-corrected chi connectivity index (χ1v) is 7.13. The minimum atomic E-state index is 0.246. The van der Waals surface area contributed by atoms with E-state index < -0.39 is 0 Å². The smallest absolute Gasteiger partial charge is 0.185 e. The second-order valence-electron chi connectivity index (χ2n) is 5.46. The van der Waals surface area contributed by atoms with Crippen molar-refractivity contribution in [3.63, 3.8) is 0 Å². The number of nitrogens with zero attached hydrogens (tertiary/aromatic N) is 3. The minimum absolute atomic E-state index is 0.246. The van der Waals surface area contributed by atoms with Crippen molar-refractivity contribution in [3.05, 3.63) is 28.8 Å². The van der Waals surface area contributed by atoms with Crippen LogP contribution in [0.1, 0.15) is 35.4 Å². The van der Waals surface area contributed by atoms with Crippen molar-refractivity contribution in [2.45, 2.75) is 32.1 Å². The molecule has 0 spiro atoms. The highest BCUT2D eigenvalue weighted by Gasteiger charge is 2.31. The van der Waals surface area contributed by atoms with Gasteiger partial charge in [-0.25, -0.2) is 0 Å². The van der Waals surface area contributed by atoms with E-state index in [-0.39, 0.29) is 5.92 Å². The predicted octanol–water partition coefficient (Wildman–Crippen LogP) is 2.62. The van der Waals surface area contributed by atoms with Crippen molar-refractivity contribution in [2.75, 3.05) is 20.2 Å². The maximum absolute atomic E-state index is 9.23. The lowest BCUT2D eigenvalue weighted by Crippen LogP contribution is -2.30. The zero-order chi connectivity index (χ0) is 14.1. The average Bonchev–Trinajstić information content (AvgIpc) is 2.94. The number of amidine groups is 1. The molecule has 20 heavy (non-hydrogen) atoms. The summed E-state index contributed by atoms with van der Waals surface area (Å²) >= 11 is 0. The molecule has 1 heterocycles. The number of ether oxygens (including phenoxy) is 1. The molecule has 4 nitrogen and oxygen atoms in total. The third kappa shape index (κ3) is 2.03. The van der Waals surface area contributed by atoms with Crippen LogP contribution in [0.25, 0.3) is 0 Å². The van der Waals surface area contributed by atoms with E-state index in [1.165, 1.54) is 16.7 Å². The van der Waals surface area contributed by atoms with Crippen LogP contribution in [0.4, 0.5) is 0 Å². The Morgan fingerprint density at radius 3 is 3.05 bits per heavy atom. The molecule has 0 fully saturated rings. The van der Waals surface area contributed by atoms with E-state index in [1.807, 2.05) is 0 Å². The van der Waals surface area contributed by atoms with Crippen molar-refractivity contribution in [3.8, 4) is 11.9 Å². The molecule has 1 aromatic carbocycles. The third-order valence-electron chi connectivity index (χ3n) is 4.28. The lowest BCUT2D eigenvalue weighted by atomic mass is 9.81. The molecule has 4 heteroatoms. The summed E-state index contributed by atoms with van der Waals surface area (Å²) in [4.78, 5) is 6.31. The topological polar surface area (TPSA) is 48.6 Å². The largest absolute Gasteiger partial charge is 0.496 e. The number of fused-ring (bicyclic) bond motifs is 1. The fourth-order valence-corrected chi connectivity index (χ4v) is 3.31. The first-order valence-electron chi connectivity index (χ1n) is 7.13. The summed E-state index contributed by atoms with van der Waals surface area (Å²) in [5, 5.41) is 9.23. The molecule has 0 aromatic heterocycles. The molecule has 0 saturated carbocycles. The molecule has 104 valence electrons. The van der Waals surface area contributed by atoms with Crippen molar-refractivity contribution in [1.29, 1.82) is 5.26 Å². The van der Waals surface area contributed by atoms with Gasteiger partial charge in [-0.3, -0.25) is 9.89 Å². The molecule has 0 bridgehead atoms. The van der Waals surface area contributed by atoms with Crippen LogP contribution in [-0.4, -0.2) is 30.9 Å². The summed E-state index contributed by atoms with van der Waals surface area (Å²) in [7, 11) is 1.71. The van der Waals surface area contributed by atoms with E-state index >= 15 is 0 Å². The van der Waals surface area contributed by atoms with Crippen molar-refractivity contribution < 1.29 is 4.74 Å². The molecular formula is C16H19N3O. The molecule has 1 atom stereocenters. The van der Waals surface area contributed by atoms with Crippen LogP contribution >= 0.6 is 0 Å². The molecule has 0 amide bonds. The predicted molar refractivity (Wildman–Crippen MR) is 78.0 cm³/mol. The van der Waals surface area contributed by atoms with Crippen LogP contribution in [0.2, 0.25) is 0 Å². The van der Waals surface area contributed by atoms with Crippen LogP contribution in [0.15, 0.2) is 17.1 Å². The first kappa shape index (κ1) is 13.0. The van der Waals surface area contributed by atoms with Crippen LogP contribution < -0.4 is 4.74 Å². The van der Waals surface area contributed by atoms with E-state index in [1.54, 1.807) is 12.0 Å². The number of aliphatic imine (C=N–C) groups is 1. The summed E-state index contributed by atoms with van der Waals surface area (Å²) in [6.07, 6.45) is 5.58. The molecular weight excluding hydrogens is 250 g/mol. The van der Waals surface area contributed by atoms with Crippen molar-refractivity contribution in [2.24, 2.45) is 4.99 Å². The molecule has 0 radical (unpaired) electrons. The lowest BCUT2D eigenvalue weighted by molar-refractivity contribution is 0.410. The summed E-state index contributed by atoms with van der Waals surface area (Å²) in [6, 6.07) is 4.37. The standard InChI is InChI=1S/C16H19N3O/c1-11-8-12-4-3-5-13(14(12)9-15(11)20-2)16-18-6-7-19(16)10-17/h8-9,13H,3-7H2,1-2H3. The van der Waals surface area contributed by atoms with Gasteiger partial charge in [-0.1, -0.05) is 6.07 Å². The van der Waals surface area contributed by atoms with E-state index in [0.717, 1.165) is 43.9 Å². The van der Waals surface area contributed by atoms with Gasteiger partial charge in [0.05, 0.1) is 20.2 Å². The number of nitriles is 1. The van der Waals surface area contributed by atoms with Gasteiger partial charge in [0.2, 0.25) is 0 Å². The summed E-state index contributed by atoms with van der Waals surface area (Å²) < 4.78 is 5.46. The number of rotatable bonds is 2. The van der Waals surface area contributed by atoms with Gasteiger partial charge in [0.25, 0.3) is 0 Å². The fraction of sp³-hybridized carbons (Fsp3) is 0.500. The number of hydrogen-bond acceptors (Lipinski definition) is 4. The highest BCUT2D eigenvalue weighted by Crippen LogP contribution is 2.37. The van der Waals surface area contributed by atoms with Crippen LogP contribution in [0.3, 0.4) is 0 Å². The Kier molecular flexibility index (Phi) is 3.35. The van der Waals surface area contributed by atoms with E-state index in [0.29, 0.717) is 0 Å². The maximum atomic E-state index is 9.23. The molecule has 3 rings (SSSR count). The minimum Gasteiger partial charge on any atom is -0.496 e. The van der Waals surface area contributed by atoms with Crippen LogP contribution in [-0.2, 0) is 6.42 Å². The zero-order valence-corrected chi connectivity index (χ0v) is 12.0. The molecule has 1 aromatic rings. The second kappa shape index (κ2) is 5.16. The molecule has 1 aliphatic carbocycles. The van der Waals surface area contributed by atoms with Gasteiger partial charge in [-0.15, -0.1) is 0 Å². The molecule has 0 saturated heterocycles. The van der Waals surface area contributed by atoms with E-state index in [9.17, 15) is 5.26 Å². The third-order valence-corrected chi connectivity index (χ3v) is 4.28. The van der Waals surface area contributed by atoms with Gasteiger partial charge >= 0.3 is 0 Å². The maximum Gasteiger partial charge on any atom is 0.185 e. The Balaban J connectivity index is 2.04. The number of benzene rings is 1. The molecule has 1 unspecified atom stereocenters. The Hall–Kier alpha value is -2.02. The van der Waals surface area contributed by atoms with Crippen molar-refractivity contribution >= 4 is 5.84 Å². The normalized spacial score (nSPS) is 21.1. The summed E-state index contributed by atoms with van der Waals surface area (Å²) in [6.45, 7) is 3.54. The Labute approximate surface area is 119 Å². The molecule has 0 N–H and O–H groups in total.